The summed E-state index contributed by atoms with van der Waals surface area (Å²) in [5.41, 5.74) is 3.10. The van der Waals surface area contributed by atoms with Crippen LogP contribution in [0.1, 0.15) is 37.9 Å². The number of fused-ring (bicyclic) bond motifs is 1. The normalized spacial score (nSPS) is 17.0. The van der Waals surface area contributed by atoms with Gasteiger partial charge in [-0.15, -0.1) is 0 Å². The Morgan fingerprint density at radius 2 is 1.94 bits per heavy atom. The van der Waals surface area contributed by atoms with Crippen LogP contribution in [-0.2, 0) is 16.1 Å². The zero-order valence-corrected chi connectivity index (χ0v) is 21.1. The summed E-state index contributed by atoms with van der Waals surface area (Å²) in [5.74, 6) is 0.865. The van der Waals surface area contributed by atoms with Crippen molar-refractivity contribution in [3.63, 3.8) is 0 Å². The lowest BCUT2D eigenvalue weighted by Crippen LogP contribution is -2.34. The molecule has 0 amide bonds. The van der Waals surface area contributed by atoms with Crippen molar-refractivity contribution >= 4 is 38.8 Å². The standard InChI is InChI=1S/C25H25BrN2O4S/c1-4-30-20-14-18(13-19(26)23(20)32-15-17-9-7-6-8-10-17)22-21(24(29)31-5-2)16(3)27-25-28(22)11-12-33-25/h6-14,22H,4-5,15H2,1-3H3/t22-/m1/s1. The summed E-state index contributed by atoms with van der Waals surface area (Å²) in [6.45, 7) is 6.77. The van der Waals surface area contributed by atoms with Gasteiger partial charge in [-0.2, -0.15) is 0 Å². The van der Waals surface area contributed by atoms with E-state index in [0.717, 1.165) is 20.8 Å². The number of rotatable bonds is 8. The number of allylic oxidation sites excluding steroid dienone is 1. The van der Waals surface area contributed by atoms with E-state index in [1.165, 1.54) is 11.8 Å². The third-order valence-corrected chi connectivity index (χ3v) is 6.55. The molecule has 0 unspecified atom stereocenters. The first-order chi connectivity index (χ1) is 16.0. The monoisotopic (exact) mass is 528 g/mol. The fourth-order valence-corrected chi connectivity index (χ4v) is 5.14. The van der Waals surface area contributed by atoms with Gasteiger partial charge in [-0.3, -0.25) is 0 Å². The first-order valence-corrected chi connectivity index (χ1v) is 12.4. The van der Waals surface area contributed by atoms with Gasteiger partial charge in [-0.1, -0.05) is 42.1 Å². The molecule has 6 nitrogen and oxygen atoms in total. The number of ether oxygens (including phenoxy) is 3. The molecule has 0 N–H and O–H groups in total. The average Bonchev–Trinajstić information content (AvgIpc) is 3.26. The number of nitrogens with zero attached hydrogens (tertiary/aromatic N) is 2. The maximum absolute atomic E-state index is 12.9. The van der Waals surface area contributed by atoms with Crippen molar-refractivity contribution in [3.8, 4) is 11.5 Å². The summed E-state index contributed by atoms with van der Waals surface area (Å²) < 4.78 is 18.2. The van der Waals surface area contributed by atoms with Crippen LogP contribution in [0.4, 0.5) is 0 Å². The van der Waals surface area contributed by atoms with Gasteiger partial charge in [0.1, 0.15) is 6.61 Å². The molecule has 0 saturated carbocycles. The number of halogens is 1. The molecule has 0 bridgehead atoms. The molecule has 33 heavy (non-hydrogen) atoms. The fraction of sp³-hybridized carbons (Fsp3) is 0.280. The molecule has 8 heteroatoms. The highest BCUT2D eigenvalue weighted by Crippen LogP contribution is 2.45. The van der Waals surface area contributed by atoms with Crippen LogP contribution < -0.4 is 9.47 Å². The predicted octanol–water partition coefficient (Wildman–Crippen LogP) is 6.19. The minimum atomic E-state index is -0.388. The van der Waals surface area contributed by atoms with Crippen molar-refractivity contribution in [2.45, 2.75) is 33.4 Å². The summed E-state index contributed by atoms with van der Waals surface area (Å²) in [6, 6.07) is 13.5. The third-order valence-electron chi connectivity index (χ3n) is 5.19. The van der Waals surface area contributed by atoms with Crippen molar-refractivity contribution in [2.24, 2.45) is 4.99 Å². The highest BCUT2D eigenvalue weighted by atomic mass is 79.9. The number of carbonyl (C=O) groups excluding carboxylic acids is 1. The van der Waals surface area contributed by atoms with Crippen LogP contribution in [0, 0.1) is 0 Å². The largest absolute Gasteiger partial charge is 0.490 e. The number of esters is 1. The molecule has 2 heterocycles. The molecule has 0 aliphatic carbocycles. The number of hydrogen-bond donors (Lipinski definition) is 0. The third kappa shape index (κ3) is 4.96. The van der Waals surface area contributed by atoms with Gasteiger partial charge in [0.25, 0.3) is 0 Å². The molecule has 4 rings (SSSR count). The van der Waals surface area contributed by atoms with E-state index in [-0.39, 0.29) is 12.0 Å². The highest BCUT2D eigenvalue weighted by molar-refractivity contribution is 9.10. The Hall–Kier alpha value is -2.71. The van der Waals surface area contributed by atoms with Crippen LogP contribution >= 0.6 is 27.7 Å². The Kier molecular flexibility index (Phi) is 7.45. The van der Waals surface area contributed by atoms with E-state index in [2.05, 4.69) is 20.9 Å². The van der Waals surface area contributed by atoms with E-state index in [1.807, 2.05) is 72.8 Å². The van der Waals surface area contributed by atoms with Gasteiger partial charge in [0.15, 0.2) is 16.7 Å². The maximum Gasteiger partial charge on any atom is 0.338 e. The minimum Gasteiger partial charge on any atom is -0.490 e. The molecular weight excluding hydrogens is 504 g/mol. The molecular formula is C25H25BrN2O4S. The van der Waals surface area contributed by atoms with E-state index < -0.39 is 0 Å². The van der Waals surface area contributed by atoms with Crippen LogP contribution in [0.25, 0.3) is 0 Å². The van der Waals surface area contributed by atoms with Crippen LogP contribution in [-0.4, -0.2) is 29.3 Å². The van der Waals surface area contributed by atoms with E-state index >= 15 is 0 Å². The Morgan fingerprint density at radius 3 is 2.67 bits per heavy atom. The van der Waals surface area contributed by atoms with Crippen molar-refractivity contribution in [1.82, 2.24) is 4.90 Å². The average molecular weight is 529 g/mol. The first-order valence-electron chi connectivity index (χ1n) is 10.7. The van der Waals surface area contributed by atoms with Crippen molar-refractivity contribution in [1.29, 1.82) is 0 Å². The number of benzene rings is 2. The van der Waals surface area contributed by atoms with Gasteiger partial charge >= 0.3 is 5.97 Å². The summed E-state index contributed by atoms with van der Waals surface area (Å²) >= 11 is 5.20. The molecule has 0 aromatic heterocycles. The highest BCUT2D eigenvalue weighted by Gasteiger charge is 2.38. The molecule has 0 saturated heterocycles. The Balaban J connectivity index is 1.74. The minimum absolute atomic E-state index is 0.295. The second kappa shape index (κ2) is 10.5. The van der Waals surface area contributed by atoms with Crippen LogP contribution in [0.3, 0.4) is 0 Å². The molecule has 2 aromatic carbocycles. The zero-order chi connectivity index (χ0) is 23.4. The molecule has 0 fully saturated rings. The SMILES string of the molecule is CCOC(=O)C1=C(C)N=C2SC=CN2[C@@H]1c1cc(Br)c(OCc2ccccc2)c(OCC)c1. The number of aliphatic imine (C=N–C) groups is 1. The molecule has 0 radical (unpaired) electrons. The predicted molar refractivity (Wildman–Crippen MR) is 134 cm³/mol. The van der Waals surface area contributed by atoms with E-state index in [1.54, 1.807) is 6.92 Å². The topological polar surface area (TPSA) is 60.4 Å². The van der Waals surface area contributed by atoms with E-state index in [9.17, 15) is 4.79 Å². The van der Waals surface area contributed by atoms with Gasteiger partial charge in [-0.25, -0.2) is 9.79 Å². The van der Waals surface area contributed by atoms with Crippen LogP contribution in [0.15, 0.2) is 74.8 Å². The molecule has 2 aromatic rings. The summed E-state index contributed by atoms with van der Waals surface area (Å²) in [7, 11) is 0. The van der Waals surface area contributed by atoms with E-state index in [4.69, 9.17) is 14.2 Å². The molecule has 2 aliphatic heterocycles. The second-order valence-corrected chi connectivity index (χ2v) is 9.09. The van der Waals surface area contributed by atoms with Gasteiger partial charge in [0.05, 0.1) is 35.0 Å². The Bertz CT molecular complexity index is 1130. The number of carbonyl (C=O) groups is 1. The molecule has 172 valence electrons. The molecule has 1 atom stereocenters. The summed E-state index contributed by atoms with van der Waals surface area (Å²) in [5, 5.41) is 2.78. The van der Waals surface area contributed by atoms with Crippen molar-refractivity contribution in [2.75, 3.05) is 13.2 Å². The van der Waals surface area contributed by atoms with Gasteiger partial charge in [-0.05, 0) is 65.4 Å². The fourth-order valence-electron chi connectivity index (χ4n) is 3.78. The lowest BCUT2D eigenvalue weighted by atomic mass is 9.94. The lowest BCUT2D eigenvalue weighted by Gasteiger charge is -2.33. The quantitative estimate of drug-likeness (QED) is 0.380. The lowest BCUT2D eigenvalue weighted by molar-refractivity contribution is -0.139. The first kappa shape index (κ1) is 23.4. The second-order valence-electron chi connectivity index (χ2n) is 7.36. The number of hydrogen-bond acceptors (Lipinski definition) is 7. The summed E-state index contributed by atoms with van der Waals surface area (Å²) in [4.78, 5) is 19.5. The van der Waals surface area contributed by atoms with Crippen LogP contribution in [0.5, 0.6) is 11.5 Å². The van der Waals surface area contributed by atoms with Gasteiger partial charge in [0.2, 0.25) is 0 Å². The maximum atomic E-state index is 12.9. The smallest absolute Gasteiger partial charge is 0.338 e. The zero-order valence-electron chi connectivity index (χ0n) is 18.7. The van der Waals surface area contributed by atoms with Crippen molar-refractivity contribution in [3.05, 3.63) is 80.9 Å². The van der Waals surface area contributed by atoms with E-state index in [0.29, 0.717) is 42.6 Å². The molecule has 0 spiro atoms. The van der Waals surface area contributed by atoms with Gasteiger partial charge < -0.3 is 19.1 Å². The molecule has 2 aliphatic rings. The van der Waals surface area contributed by atoms with Gasteiger partial charge in [0, 0.05) is 6.20 Å². The van der Waals surface area contributed by atoms with Crippen LogP contribution in [0.2, 0.25) is 0 Å². The number of amidine groups is 1. The summed E-state index contributed by atoms with van der Waals surface area (Å²) in [6.07, 6.45) is 1.94. The Labute approximate surface area is 206 Å². The Morgan fingerprint density at radius 1 is 1.15 bits per heavy atom. The van der Waals surface area contributed by atoms with Crippen molar-refractivity contribution < 1.29 is 19.0 Å². The number of thioether (sulfide) groups is 1.